The second-order valence-electron chi connectivity index (χ2n) is 11.4. The topological polar surface area (TPSA) is 129 Å². The van der Waals surface area contributed by atoms with Gasteiger partial charge in [-0.1, -0.05) is 48.0 Å². The molecule has 0 spiro atoms. The Hall–Kier alpha value is -5.35. The molecule has 4 aromatic rings. The van der Waals surface area contributed by atoms with Gasteiger partial charge in [0.05, 0.1) is 27.9 Å². The normalized spacial score (nSPS) is 15.3. The maximum atomic E-state index is 14.9. The van der Waals surface area contributed by atoms with Crippen LogP contribution < -0.4 is 4.90 Å². The van der Waals surface area contributed by atoms with Gasteiger partial charge in [0.2, 0.25) is 5.41 Å². The Bertz CT molecular complexity index is 2230. The molecule has 2 aliphatic heterocycles. The van der Waals surface area contributed by atoms with Gasteiger partial charge in [-0.05, 0) is 60.0 Å². The zero-order valence-corrected chi connectivity index (χ0v) is 25.8. The van der Waals surface area contributed by atoms with Crippen molar-refractivity contribution in [3.05, 3.63) is 118 Å². The number of anilines is 1. The third-order valence-electron chi connectivity index (χ3n) is 8.56. The van der Waals surface area contributed by atoms with Crippen molar-refractivity contribution >= 4 is 39.4 Å². The predicted molar refractivity (Wildman–Crippen MR) is 160 cm³/mol. The summed E-state index contributed by atoms with van der Waals surface area (Å²) in [6.45, 7) is 1.77. The number of carbonyl (C=O) groups is 4. The van der Waals surface area contributed by atoms with Crippen LogP contribution in [0.1, 0.15) is 58.1 Å². The number of amides is 4. The van der Waals surface area contributed by atoms with Crippen LogP contribution in [-0.2, 0) is 15.5 Å². The van der Waals surface area contributed by atoms with Gasteiger partial charge in [-0.25, -0.2) is 4.90 Å². The molecule has 6 rings (SSSR count). The van der Waals surface area contributed by atoms with Crippen molar-refractivity contribution in [1.29, 1.82) is 0 Å². The Morgan fingerprint density at radius 3 is 1.55 bits per heavy atom. The molecule has 0 aliphatic carbocycles. The monoisotopic (exact) mass is 702 g/mol. The summed E-state index contributed by atoms with van der Waals surface area (Å²) in [6.07, 6.45) is -12.3. The minimum Gasteiger partial charge on any atom is -0.282 e. The molecule has 0 atom stereocenters. The lowest BCUT2D eigenvalue weighted by Gasteiger charge is -2.38. The fourth-order valence-corrected chi connectivity index (χ4v) is 6.85. The molecule has 4 aromatic carbocycles. The van der Waals surface area contributed by atoms with Crippen LogP contribution in [0.15, 0.2) is 83.8 Å². The number of alkyl halides is 6. The van der Waals surface area contributed by atoms with Gasteiger partial charge in [0.15, 0.2) is 0 Å². The van der Waals surface area contributed by atoms with Gasteiger partial charge in [-0.2, -0.15) is 34.8 Å². The summed E-state index contributed by atoms with van der Waals surface area (Å²) in [4.78, 5) is 52.0. The average molecular weight is 703 g/mol. The Kier molecular flexibility index (Phi) is 7.42. The van der Waals surface area contributed by atoms with E-state index in [1.54, 1.807) is 31.2 Å². The highest BCUT2D eigenvalue weighted by Gasteiger charge is 2.73. The van der Waals surface area contributed by atoms with Crippen LogP contribution >= 0.6 is 0 Å². The summed E-state index contributed by atoms with van der Waals surface area (Å²) < 4.78 is 124. The summed E-state index contributed by atoms with van der Waals surface area (Å²) in [5.74, 6) is -4.61. The van der Waals surface area contributed by atoms with Crippen molar-refractivity contribution < 1.29 is 58.5 Å². The van der Waals surface area contributed by atoms with Gasteiger partial charge >= 0.3 is 12.4 Å². The third-order valence-corrected chi connectivity index (χ3v) is 9.45. The van der Waals surface area contributed by atoms with Crippen LogP contribution in [0.5, 0.6) is 0 Å². The molecule has 0 radical (unpaired) electrons. The highest BCUT2D eigenvalue weighted by molar-refractivity contribution is 7.86. The molecule has 2 heterocycles. The standard InChI is InChI=1S/C33H20F6N2O7S/c1-16-3-5-17(6-4-16)21-12-9-20(15-26(21)49(46,47)48)41-29(44)23-11-8-19(14-25(23)30(41)45)31(32(34,35)36,33(37,38)39)18-7-10-22-24(13-18)28(43)40(2)27(22)42/h3-15H,1-2H3,(H,46,47,48). The third kappa shape index (κ3) is 4.92. The average Bonchev–Trinajstić information content (AvgIpc) is 3.39. The van der Waals surface area contributed by atoms with Crippen LogP contribution in [0.4, 0.5) is 32.0 Å². The lowest BCUT2D eigenvalue weighted by molar-refractivity contribution is -0.288. The summed E-state index contributed by atoms with van der Waals surface area (Å²) >= 11 is 0. The number of aryl methyl sites for hydroxylation is 1. The van der Waals surface area contributed by atoms with Crippen molar-refractivity contribution in [2.75, 3.05) is 11.9 Å². The zero-order chi connectivity index (χ0) is 36.0. The number of rotatable bonds is 5. The number of benzene rings is 4. The first-order valence-electron chi connectivity index (χ1n) is 14.0. The molecule has 4 amide bonds. The van der Waals surface area contributed by atoms with Gasteiger partial charge < -0.3 is 0 Å². The molecule has 0 unspecified atom stereocenters. The maximum absolute atomic E-state index is 14.9. The van der Waals surface area contributed by atoms with E-state index in [-0.39, 0.29) is 11.6 Å². The van der Waals surface area contributed by atoms with Crippen molar-refractivity contribution in [3.8, 4) is 11.1 Å². The largest absolute Gasteiger partial charge is 0.411 e. The fourth-order valence-electron chi connectivity index (χ4n) is 6.12. The number of carbonyl (C=O) groups excluding carboxylic acids is 4. The Balaban J connectivity index is 1.50. The number of hydrogen-bond acceptors (Lipinski definition) is 6. The first-order chi connectivity index (χ1) is 22.7. The molecule has 9 nitrogen and oxygen atoms in total. The molecule has 49 heavy (non-hydrogen) atoms. The lowest BCUT2D eigenvalue weighted by Crippen LogP contribution is -2.55. The van der Waals surface area contributed by atoms with Gasteiger partial charge in [-0.3, -0.25) is 28.6 Å². The smallest absolute Gasteiger partial charge is 0.282 e. The van der Waals surface area contributed by atoms with Crippen molar-refractivity contribution in [3.63, 3.8) is 0 Å². The summed E-state index contributed by atoms with van der Waals surface area (Å²) in [7, 11) is -3.99. The highest BCUT2D eigenvalue weighted by atomic mass is 32.2. The van der Waals surface area contributed by atoms with Crippen LogP contribution in [0.2, 0.25) is 0 Å². The van der Waals surface area contributed by atoms with E-state index in [0.29, 0.717) is 45.7 Å². The molecular formula is C33H20F6N2O7S. The molecular weight excluding hydrogens is 682 g/mol. The van der Waals surface area contributed by atoms with E-state index in [1.807, 2.05) is 0 Å². The summed E-state index contributed by atoms with van der Waals surface area (Å²) in [5, 5.41) is 0. The predicted octanol–water partition coefficient (Wildman–Crippen LogP) is 6.35. The number of halogens is 6. The minimum atomic E-state index is -6.15. The van der Waals surface area contributed by atoms with Crippen molar-refractivity contribution in [1.82, 2.24) is 4.90 Å². The number of imide groups is 2. The quantitative estimate of drug-likeness (QED) is 0.146. The zero-order valence-electron chi connectivity index (χ0n) is 25.0. The first-order valence-corrected chi connectivity index (χ1v) is 15.5. The van der Waals surface area contributed by atoms with Gasteiger partial charge in [-0.15, -0.1) is 0 Å². The second-order valence-corrected chi connectivity index (χ2v) is 12.8. The van der Waals surface area contributed by atoms with Gasteiger partial charge in [0, 0.05) is 12.6 Å². The van der Waals surface area contributed by atoms with Crippen LogP contribution in [0.25, 0.3) is 11.1 Å². The lowest BCUT2D eigenvalue weighted by atomic mass is 9.71. The minimum absolute atomic E-state index is 0.0222. The van der Waals surface area contributed by atoms with Crippen LogP contribution in [0, 0.1) is 6.92 Å². The van der Waals surface area contributed by atoms with E-state index in [4.69, 9.17) is 0 Å². The molecule has 16 heteroatoms. The Labute approximate surface area is 273 Å². The van der Waals surface area contributed by atoms with Gasteiger partial charge in [0.1, 0.15) is 4.90 Å². The van der Waals surface area contributed by atoms with E-state index in [1.165, 1.54) is 6.07 Å². The molecule has 1 N–H and O–H groups in total. The number of hydrogen-bond donors (Lipinski definition) is 1. The van der Waals surface area contributed by atoms with E-state index >= 15 is 0 Å². The fraction of sp³-hybridized carbons (Fsp3) is 0.152. The maximum Gasteiger partial charge on any atom is 0.411 e. The van der Waals surface area contributed by atoms with Crippen molar-refractivity contribution in [2.24, 2.45) is 0 Å². The Morgan fingerprint density at radius 2 is 1.04 bits per heavy atom. The van der Waals surface area contributed by atoms with Crippen molar-refractivity contribution in [2.45, 2.75) is 29.6 Å². The van der Waals surface area contributed by atoms with Gasteiger partial charge in [0.25, 0.3) is 33.7 Å². The van der Waals surface area contributed by atoms with E-state index in [2.05, 4.69) is 0 Å². The molecule has 0 fully saturated rings. The molecule has 0 bridgehead atoms. The molecule has 0 aromatic heterocycles. The molecule has 2 aliphatic rings. The molecule has 0 saturated heterocycles. The summed E-state index contributed by atoms with van der Waals surface area (Å²) in [5.41, 5.74) is -9.69. The van der Waals surface area contributed by atoms with Crippen LogP contribution in [0.3, 0.4) is 0 Å². The first kappa shape index (κ1) is 33.5. The van der Waals surface area contributed by atoms with E-state index in [9.17, 15) is 58.5 Å². The summed E-state index contributed by atoms with van der Waals surface area (Å²) in [6, 6.07) is 12.2. The van der Waals surface area contributed by atoms with E-state index in [0.717, 1.165) is 24.7 Å². The molecule has 0 saturated carbocycles. The Morgan fingerprint density at radius 1 is 0.592 bits per heavy atom. The second kappa shape index (κ2) is 10.8. The molecule has 252 valence electrons. The highest BCUT2D eigenvalue weighted by Crippen LogP contribution is 2.57. The number of nitrogens with zero attached hydrogens (tertiary/aromatic N) is 2. The van der Waals surface area contributed by atoms with E-state index < -0.39 is 95.5 Å². The van der Waals surface area contributed by atoms with Crippen LogP contribution in [-0.4, -0.2) is 60.9 Å². The number of fused-ring (bicyclic) bond motifs is 2. The SMILES string of the molecule is Cc1ccc(-c2ccc(N3C(=O)c4ccc(C(c5ccc6c(c5)C(=O)N(C)C6=O)(C(F)(F)F)C(F)(F)F)cc4C3=O)cc2S(=O)(=O)O)cc1.